The third-order valence-corrected chi connectivity index (χ3v) is 5.50. The molecule has 1 aliphatic heterocycles. The van der Waals surface area contributed by atoms with Crippen molar-refractivity contribution in [2.45, 2.75) is 31.8 Å². The Balaban J connectivity index is 2.04. The predicted molar refractivity (Wildman–Crippen MR) is 59.0 cm³/mol. The lowest BCUT2D eigenvalue weighted by Crippen LogP contribution is -2.58. The third-order valence-electron chi connectivity index (χ3n) is 3.70. The van der Waals surface area contributed by atoms with E-state index < -0.39 is 15.8 Å². The van der Waals surface area contributed by atoms with Crippen molar-refractivity contribution in [2.24, 2.45) is 5.92 Å². The number of sulfone groups is 1. The van der Waals surface area contributed by atoms with Gasteiger partial charge in [0.25, 0.3) is 0 Å². The fourth-order valence-corrected chi connectivity index (χ4v) is 4.25. The first-order chi connectivity index (χ1) is 7.41. The zero-order valence-corrected chi connectivity index (χ0v) is 10.1. The number of rotatable bonds is 2. The van der Waals surface area contributed by atoms with E-state index in [1.165, 1.54) is 0 Å². The van der Waals surface area contributed by atoms with Gasteiger partial charge in [-0.3, -0.25) is 9.69 Å². The van der Waals surface area contributed by atoms with Crippen molar-refractivity contribution in [3.05, 3.63) is 0 Å². The van der Waals surface area contributed by atoms with E-state index in [2.05, 4.69) is 4.90 Å². The van der Waals surface area contributed by atoms with Gasteiger partial charge < -0.3 is 5.11 Å². The summed E-state index contributed by atoms with van der Waals surface area (Å²) in [5, 5.41) is 8.98. The molecule has 1 heterocycles. The van der Waals surface area contributed by atoms with Crippen LogP contribution in [0.25, 0.3) is 0 Å². The van der Waals surface area contributed by atoms with Crippen LogP contribution in [0.3, 0.4) is 0 Å². The highest BCUT2D eigenvalue weighted by atomic mass is 32.2. The lowest BCUT2D eigenvalue weighted by atomic mass is 9.78. The minimum Gasteiger partial charge on any atom is -0.481 e. The largest absolute Gasteiger partial charge is 0.481 e. The second kappa shape index (κ2) is 4.00. The van der Waals surface area contributed by atoms with E-state index in [1.54, 1.807) is 0 Å². The average Bonchev–Trinajstić information content (AvgIpc) is 2.05. The first-order valence-corrected chi connectivity index (χ1v) is 7.42. The molecule has 2 rings (SSSR count). The fraction of sp³-hybridized carbons (Fsp3) is 0.900. The van der Waals surface area contributed by atoms with Crippen molar-refractivity contribution >= 4 is 15.8 Å². The van der Waals surface area contributed by atoms with Gasteiger partial charge in [-0.25, -0.2) is 8.42 Å². The van der Waals surface area contributed by atoms with Crippen molar-refractivity contribution < 1.29 is 18.3 Å². The molecule has 16 heavy (non-hydrogen) atoms. The summed E-state index contributed by atoms with van der Waals surface area (Å²) >= 11 is 0. The first kappa shape index (κ1) is 11.9. The minimum absolute atomic E-state index is 0.0444. The molecule has 2 aliphatic rings. The second-order valence-corrected chi connectivity index (χ2v) is 7.02. The van der Waals surface area contributed by atoms with Gasteiger partial charge in [-0.1, -0.05) is 0 Å². The third kappa shape index (κ3) is 2.08. The monoisotopic (exact) mass is 247 g/mol. The predicted octanol–water partition coefficient (Wildman–Crippen LogP) is -0.0315. The Bertz CT molecular complexity index is 392. The SMILES string of the molecule is CC1CS(=O)(=O)CCN1C1CCC1C(=O)O. The Morgan fingerprint density at radius 3 is 2.50 bits per heavy atom. The van der Waals surface area contributed by atoms with Crippen LogP contribution in [0.5, 0.6) is 0 Å². The number of hydrogen-bond donors (Lipinski definition) is 1. The van der Waals surface area contributed by atoms with Crippen LogP contribution in [-0.2, 0) is 14.6 Å². The number of nitrogens with zero attached hydrogens (tertiary/aromatic N) is 1. The molecule has 1 saturated heterocycles. The molecule has 1 saturated carbocycles. The van der Waals surface area contributed by atoms with Gasteiger partial charge in [0, 0.05) is 18.6 Å². The van der Waals surface area contributed by atoms with Crippen LogP contribution in [0.4, 0.5) is 0 Å². The van der Waals surface area contributed by atoms with Gasteiger partial charge in [-0.2, -0.15) is 0 Å². The molecule has 0 amide bonds. The second-order valence-electron chi connectivity index (χ2n) is 4.79. The summed E-state index contributed by atoms with van der Waals surface area (Å²) in [6.07, 6.45) is 1.59. The minimum atomic E-state index is -2.91. The van der Waals surface area contributed by atoms with Crippen molar-refractivity contribution in [3.8, 4) is 0 Å². The molecule has 3 unspecified atom stereocenters. The van der Waals surface area contributed by atoms with Crippen molar-refractivity contribution in [1.29, 1.82) is 0 Å². The molecule has 2 fully saturated rings. The van der Waals surface area contributed by atoms with Crippen LogP contribution < -0.4 is 0 Å². The van der Waals surface area contributed by atoms with Gasteiger partial charge in [0.15, 0.2) is 9.84 Å². The highest BCUT2D eigenvalue weighted by Gasteiger charge is 2.44. The molecule has 0 spiro atoms. The summed E-state index contributed by atoms with van der Waals surface area (Å²) in [4.78, 5) is 13.0. The molecule has 0 aromatic heterocycles. The lowest BCUT2D eigenvalue weighted by molar-refractivity contribution is -0.149. The maximum absolute atomic E-state index is 11.4. The van der Waals surface area contributed by atoms with Gasteiger partial charge >= 0.3 is 5.97 Å². The molecular formula is C10H17NO4S. The molecule has 5 nitrogen and oxygen atoms in total. The van der Waals surface area contributed by atoms with Crippen molar-refractivity contribution in [3.63, 3.8) is 0 Å². The van der Waals surface area contributed by atoms with Gasteiger partial charge in [0.05, 0.1) is 17.4 Å². The van der Waals surface area contributed by atoms with Crippen LogP contribution in [-0.4, -0.2) is 54.5 Å². The Labute approximate surface area is 95.4 Å². The Morgan fingerprint density at radius 2 is 2.06 bits per heavy atom. The smallest absolute Gasteiger partial charge is 0.308 e. The van der Waals surface area contributed by atoms with E-state index in [1.807, 2.05) is 6.92 Å². The summed E-state index contributed by atoms with van der Waals surface area (Å²) in [5.74, 6) is -0.726. The van der Waals surface area contributed by atoms with Crippen LogP contribution in [0, 0.1) is 5.92 Å². The zero-order valence-electron chi connectivity index (χ0n) is 9.30. The molecule has 1 N–H and O–H groups in total. The molecule has 3 atom stereocenters. The van der Waals surface area contributed by atoms with Crippen molar-refractivity contribution in [1.82, 2.24) is 4.90 Å². The van der Waals surface area contributed by atoms with Crippen LogP contribution in [0.2, 0.25) is 0 Å². The van der Waals surface area contributed by atoms with E-state index >= 15 is 0 Å². The van der Waals surface area contributed by atoms with E-state index in [0.717, 1.165) is 12.8 Å². The topological polar surface area (TPSA) is 74.7 Å². The summed E-state index contributed by atoms with van der Waals surface area (Å²) in [6.45, 7) is 2.35. The molecular weight excluding hydrogens is 230 g/mol. The van der Waals surface area contributed by atoms with Crippen molar-refractivity contribution in [2.75, 3.05) is 18.1 Å². The zero-order chi connectivity index (χ0) is 11.9. The number of aliphatic carboxylic acids is 1. The number of carboxylic acids is 1. The van der Waals surface area contributed by atoms with Gasteiger partial charge in [0.2, 0.25) is 0 Å². The molecule has 0 bridgehead atoms. The molecule has 0 aromatic carbocycles. The van der Waals surface area contributed by atoms with Crippen LogP contribution >= 0.6 is 0 Å². The lowest BCUT2D eigenvalue weighted by Gasteiger charge is -2.46. The van der Waals surface area contributed by atoms with Gasteiger partial charge in [-0.15, -0.1) is 0 Å². The van der Waals surface area contributed by atoms with E-state index in [9.17, 15) is 13.2 Å². The van der Waals surface area contributed by atoms with Gasteiger partial charge in [-0.05, 0) is 19.8 Å². The maximum atomic E-state index is 11.4. The average molecular weight is 247 g/mol. The Morgan fingerprint density at radius 1 is 1.38 bits per heavy atom. The molecule has 92 valence electrons. The summed E-state index contributed by atoms with van der Waals surface area (Å²) < 4.78 is 22.8. The quantitative estimate of drug-likeness (QED) is 0.741. The van der Waals surface area contributed by atoms with E-state index in [-0.39, 0.29) is 29.5 Å². The standard InChI is InChI=1S/C10H17NO4S/c1-7-6-16(14,15)5-4-11(7)9-3-2-8(9)10(12)13/h7-9H,2-6H2,1H3,(H,12,13). The van der Waals surface area contributed by atoms with Gasteiger partial charge in [0.1, 0.15) is 0 Å². The summed E-state index contributed by atoms with van der Waals surface area (Å²) in [5.41, 5.74) is 0. The summed E-state index contributed by atoms with van der Waals surface area (Å²) in [6, 6.07) is -0.00565. The molecule has 0 aromatic rings. The highest BCUT2D eigenvalue weighted by Crippen LogP contribution is 2.34. The summed E-state index contributed by atoms with van der Waals surface area (Å²) in [7, 11) is -2.91. The molecule has 1 aliphatic carbocycles. The Kier molecular flexibility index (Phi) is 2.96. The Hall–Kier alpha value is -0.620. The van der Waals surface area contributed by atoms with E-state index in [0.29, 0.717) is 6.54 Å². The molecule has 0 radical (unpaired) electrons. The van der Waals surface area contributed by atoms with E-state index in [4.69, 9.17) is 5.11 Å². The molecule has 6 heteroatoms. The first-order valence-electron chi connectivity index (χ1n) is 5.60. The normalized spacial score (nSPS) is 38.9. The van der Waals surface area contributed by atoms with Crippen LogP contribution in [0.1, 0.15) is 19.8 Å². The number of carboxylic acid groups (broad SMARTS) is 1. The highest BCUT2D eigenvalue weighted by molar-refractivity contribution is 7.91. The number of hydrogen-bond acceptors (Lipinski definition) is 4. The fourth-order valence-electron chi connectivity index (χ4n) is 2.67. The number of carbonyl (C=O) groups is 1. The van der Waals surface area contributed by atoms with Crippen LogP contribution in [0.15, 0.2) is 0 Å². The maximum Gasteiger partial charge on any atom is 0.308 e.